The van der Waals surface area contributed by atoms with Crippen molar-refractivity contribution in [3.05, 3.63) is 57.3 Å². The highest BCUT2D eigenvalue weighted by Crippen LogP contribution is 2.35. The summed E-state index contributed by atoms with van der Waals surface area (Å²) in [5.41, 5.74) is 2.25. The highest BCUT2D eigenvalue weighted by molar-refractivity contribution is 6.38. The maximum Gasteiger partial charge on any atom is 0.115 e. The summed E-state index contributed by atoms with van der Waals surface area (Å²) in [4.78, 5) is 4.60. The quantitative estimate of drug-likeness (QED) is 0.543. The molecule has 0 fully saturated rings. The first-order valence-electron chi connectivity index (χ1n) is 6.29. The third kappa shape index (κ3) is 2.62. The summed E-state index contributed by atoms with van der Waals surface area (Å²) in [6, 6.07) is 11.0. The van der Waals surface area contributed by atoms with Gasteiger partial charge in [0.15, 0.2) is 0 Å². The van der Waals surface area contributed by atoms with Crippen molar-refractivity contribution in [3.63, 3.8) is 0 Å². The normalized spacial score (nSPS) is 11.2. The van der Waals surface area contributed by atoms with E-state index in [2.05, 4.69) is 4.98 Å². The van der Waals surface area contributed by atoms with Crippen molar-refractivity contribution in [1.82, 2.24) is 9.55 Å². The summed E-state index contributed by atoms with van der Waals surface area (Å²) in [6.07, 6.45) is 0.591. The van der Waals surface area contributed by atoms with Crippen LogP contribution in [-0.2, 0) is 6.42 Å². The fourth-order valence-electron chi connectivity index (χ4n) is 2.33. The number of para-hydroxylation sites is 2. The Hall–Kier alpha value is -0.930. The van der Waals surface area contributed by atoms with Gasteiger partial charge in [0, 0.05) is 12.3 Å². The predicted molar refractivity (Wildman–Crippen MR) is 90.5 cm³/mol. The van der Waals surface area contributed by atoms with Gasteiger partial charge in [-0.3, -0.25) is 4.57 Å². The van der Waals surface area contributed by atoms with Gasteiger partial charge in [-0.25, -0.2) is 4.98 Å². The second kappa shape index (κ2) is 6.05. The number of hydrogen-bond donors (Lipinski definition) is 0. The van der Waals surface area contributed by atoms with E-state index >= 15 is 0 Å². The first-order valence-corrected chi connectivity index (χ1v) is 7.96. The van der Waals surface area contributed by atoms with Crippen molar-refractivity contribution in [2.24, 2.45) is 0 Å². The van der Waals surface area contributed by atoms with Gasteiger partial charge in [0.25, 0.3) is 0 Å². The number of rotatable bonds is 3. The van der Waals surface area contributed by atoms with E-state index in [9.17, 15) is 0 Å². The van der Waals surface area contributed by atoms with Gasteiger partial charge in [-0.1, -0.05) is 46.9 Å². The minimum absolute atomic E-state index is 0.447. The lowest BCUT2D eigenvalue weighted by molar-refractivity contribution is 0.912. The number of fused-ring (bicyclic) bond motifs is 1. The van der Waals surface area contributed by atoms with Crippen LogP contribution in [0.4, 0.5) is 0 Å². The predicted octanol–water partition coefficient (Wildman–Crippen LogP) is 5.77. The van der Waals surface area contributed by atoms with Gasteiger partial charge in [-0.05, 0) is 24.3 Å². The molecule has 0 aliphatic carbocycles. The smallest absolute Gasteiger partial charge is 0.115 e. The summed E-state index contributed by atoms with van der Waals surface area (Å²) in [6.45, 7) is 0. The second-order valence-corrected chi connectivity index (χ2v) is 6.08. The Bertz CT molecular complexity index is 791. The number of aromatic nitrogens is 2. The number of imidazole rings is 1. The van der Waals surface area contributed by atoms with Crippen LogP contribution in [-0.4, -0.2) is 15.4 Å². The van der Waals surface area contributed by atoms with Crippen molar-refractivity contribution in [2.45, 2.75) is 6.42 Å². The van der Waals surface area contributed by atoms with Gasteiger partial charge >= 0.3 is 0 Å². The third-order valence-corrected chi connectivity index (χ3v) is 4.28. The molecule has 0 unspecified atom stereocenters. The van der Waals surface area contributed by atoms with E-state index in [-0.39, 0.29) is 0 Å². The molecule has 0 amide bonds. The molecule has 1 heterocycles. The fourth-order valence-corrected chi connectivity index (χ4v) is 3.32. The first-order chi connectivity index (χ1) is 10.1. The molecular weight excluding hydrogens is 350 g/mol. The zero-order chi connectivity index (χ0) is 15.0. The summed E-state index contributed by atoms with van der Waals surface area (Å²) in [7, 11) is 0. The number of hydrogen-bond acceptors (Lipinski definition) is 1. The van der Waals surface area contributed by atoms with Crippen molar-refractivity contribution < 1.29 is 0 Å². The van der Waals surface area contributed by atoms with Crippen LogP contribution in [0.15, 0.2) is 36.4 Å². The largest absolute Gasteiger partial charge is 0.292 e. The van der Waals surface area contributed by atoms with Crippen LogP contribution in [0.5, 0.6) is 0 Å². The number of halogens is 4. The summed E-state index contributed by atoms with van der Waals surface area (Å²) < 4.78 is 1.89. The Kier molecular flexibility index (Phi) is 4.32. The molecule has 2 aromatic carbocycles. The highest BCUT2D eigenvalue weighted by Gasteiger charge is 2.18. The van der Waals surface area contributed by atoms with Crippen LogP contribution in [0.3, 0.4) is 0 Å². The molecule has 3 rings (SSSR count). The van der Waals surface area contributed by atoms with Crippen molar-refractivity contribution >= 4 is 57.4 Å². The van der Waals surface area contributed by atoms with Gasteiger partial charge in [-0.2, -0.15) is 0 Å². The lowest BCUT2D eigenvalue weighted by atomic mass is 10.2. The lowest BCUT2D eigenvalue weighted by Crippen LogP contribution is -2.04. The minimum atomic E-state index is 0.447. The van der Waals surface area contributed by atoms with Gasteiger partial charge in [0.2, 0.25) is 0 Å². The topological polar surface area (TPSA) is 17.8 Å². The van der Waals surface area contributed by atoms with Crippen molar-refractivity contribution in [2.75, 3.05) is 5.88 Å². The van der Waals surface area contributed by atoms with Gasteiger partial charge in [0.05, 0.1) is 31.8 Å². The fraction of sp³-hybridized carbons (Fsp3) is 0.133. The van der Waals surface area contributed by atoms with E-state index in [0.717, 1.165) is 16.9 Å². The molecule has 21 heavy (non-hydrogen) atoms. The molecule has 108 valence electrons. The third-order valence-electron chi connectivity index (χ3n) is 3.18. The summed E-state index contributed by atoms with van der Waals surface area (Å²) >= 11 is 24.9. The molecule has 1 aromatic heterocycles. The van der Waals surface area contributed by atoms with Gasteiger partial charge < -0.3 is 0 Å². The molecule has 0 aliphatic rings. The number of benzene rings is 2. The maximum atomic E-state index is 6.35. The molecule has 0 spiro atoms. The lowest BCUT2D eigenvalue weighted by Gasteiger charge is -2.13. The van der Waals surface area contributed by atoms with Crippen LogP contribution in [0.25, 0.3) is 16.7 Å². The molecule has 0 N–H and O–H groups in total. The average molecular weight is 360 g/mol. The van der Waals surface area contributed by atoms with Crippen molar-refractivity contribution in [1.29, 1.82) is 0 Å². The molecular formula is C15H10Cl4N2. The monoisotopic (exact) mass is 358 g/mol. The van der Waals surface area contributed by atoms with E-state index in [1.54, 1.807) is 18.2 Å². The molecule has 2 nitrogen and oxygen atoms in total. The highest BCUT2D eigenvalue weighted by atomic mass is 35.5. The molecule has 0 radical (unpaired) electrons. The molecule has 3 aromatic rings. The number of alkyl halides is 1. The standard InChI is InChI=1S/C15H10Cl4N2/c16-8-7-13-20-12-6-2-5-11(19)15(12)21(13)14-9(17)3-1-4-10(14)18/h1-6H,7-8H2. The van der Waals surface area contributed by atoms with Crippen LogP contribution >= 0.6 is 46.4 Å². The Labute approximate surface area is 142 Å². The second-order valence-electron chi connectivity index (χ2n) is 4.48. The summed E-state index contributed by atoms with van der Waals surface area (Å²) in [5.74, 6) is 1.23. The van der Waals surface area contributed by atoms with E-state index in [0.29, 0.717) is 33.1 Å². The summed E-state index contributed by atoms with van der Waals surface area (Å²) in [5, 5.41) is 1.67. The van der Waals surface area contributed by atoms with Crippen molar-refractivity contribution in [3.8, 4) is 5.69 Å². The van der Waals surface area contributed by atoms with Gasteiger partial charge in [0.1, 0.15) is 5.82 Å². The Balaban J connectivity index is 2.42. The number of nitrogens with zero attached hydrogens (tertiary/aromatic N) is 2. The van der Waals surface area contributed by atoms with E-state index in [1.807, 2.05) is 22.8 Å². The SMILES string of the molecule is ClCCc1nc2cccc(Cl)c2n1-c1c(Cl)cccc1Cl. The zero-order valence-electron chi connectivity index (χ0n) is 10.8. The first kappa shape index (κ1) is 15.0. The molecule has 0 saturated heterocycles. The maximum absolute atomic E-state index is 6.35. The molecule has 0 atom stereocenters. The van der Waals surface area contributed by atoms with Crippen LogP contribution < -0.4 is 0 Å². The molecule has 0 bridgehead atoms. The van der Waals surface area contributed by atoms with E-state index in [1.165, 1.54) is 0 Å². The van der Waals surface area contributed by atoms with E-state index in [4.69, 9.17) is 46.4 Å². The number of aryl methyl sites for hydroxylation is 1. The Morgan fingerprint density at radius 3 is 2.19 bits per heavy atom. The van der Waals surface area contributed by atoms with Crippen LogP contribution in [0, 0.1) is 0 Å². The van der Waals surface area contributed by atoms with Gasteiger partial charge in [-0.15, -0.1) is 11.6 Å². The van der Waals surface area contributed by atoms with Crippen LogP contribution in [0.1, 0.15) is 5.82 Å². The Morgan fingerprint density at radius 1 is 0.905 bits per heavy atom. The molecule has 6 heteroatoms. The molecule has 0 saturated carbocycles. The minimum Gasteiger partial charge on any atom is -0.292 e. The van der Waals surface area contributed by atoms with E-state index < -0.39 is 0 Å². The Morgan fingerprint density at radius 2 is 1.52 bits per heavy atom. The zero-order valence-corrected chi connectivity index (χ0v) is 13.8. The average Bonchev–Trinajstić information content (AvgIpc) is 2.79. The molecule has 0 aliphatic heterocycles. The van der Waals surface area contributed by atoms with Crippen LogP contribution in [0.2, 0.25) is 15.1 Å².